The molecular formula is C17H23N5O3S. The third-order valence-electron chi connectivity index (χ3n) is 3.26. The molecule has 0 spiro atoms. The number of anilines is 1. The van der Waals surface area contributed by atoms with Gasteiger partial charge in [-0.25, -0.2) is 9.47 Å². The fraction of sp³-hybridized carbons (Fsp3) is 0.412. The second kappa shape index (κ2) is 8.70. The first-order valence-electron chi connectivity index (χ1n) is 8.22. The lowest BCUT2D eigenvalue weighted by atomic mass is 10.2. The molecule has 1 aromatic heterocycles. The van der Waals surface area contributed by atoms with Gasteiger partial charge in [-0.1, -0.05) is 31.7 Å². The third-order valence-corrected chi connectivity index (χ3v) is 4.21. The van der Waals surface area contributed by atoms with Crippen molar-refractivity contribution in [3.63, 3.8) is 0 Å². The Balaban J connectivity index is 1.95. The number of nitrogens with two attached hydrogens (primary N) is 1. The number of carbonyl (C=O) groups is 2. The summed E-state index contributed by atoms with van der Waals surface area (Å²) < 4.78 is 6.54. The Kier molecular flexibility index (Phi) is 6.62. The van der Waals surface area contributed by atoms with E-state index in [-0.39, 0.29) is 23.7 Å². The summed E-state index contributed by atoms with van der Waals surface area (Å²) in [5, 5.41) is 11.2. The number of hydrogen-bond donors (Lipinski definition) is 2. The Morgan fingerprint density at radius 1 is 1.27 bits per heavy atom. The standard InChI is InChI=1S/C17H23N5O3S/c1-10(2)15-20-21-17(22(15)18)26-9-14(23)19-13-7-5-6-12(8-13)16(24)25-11(3)4/h5-8,10-11H,9,18H2,1-4H3,(H,19,23). The molecule has 0 saturated carbocycles. The van der Waals surface area contributed by atoms with E-state index in [9.17, 15) is 9.59 Å². The van der Waals surface area contributed by atoms with Crippen LogP contribution in [-0.2, 0) is 9.53 Å². The number of carbonyl (C=O) groups excluding carboxylic acids is 2. The SMILES string of the molecule is CC(C)OC(=O)c1cccc(NC(=O)CSc2nnc(C(C)C)n2N)c1. The summed E-state index contributed by atoms with van der Waals surface area (Å²) in [7, 11) is 0. The summed E-state index contributed by atoms with van der Waals surface area (Å²) in [6.45, 7) is 7.49. The molecule has 8 nitrogen and oxygen atoms in total. The van der Waals surface area contributed by atoms with E-state index >= 15 is 0 Å². The van der Waals surface area contributed by atoms with Crippen LogP contribution >= 0.6 is 11.8 Å². The highest BCUT2D eigenvalue weighted by Gasteiger charge is 2.15. The Morgan fingerprint density at radius 2 is 2.00 bits per heavy atom. The lowest BCUT2D eigenvalue weighted by molar-refractivity contribution is -0.113. The summed E-state index contributed by atoms with van der Waals surface area (Å²) in [6.07, 6.45) is -0.207. The van der Waals surface area contributed by atoms with E-state index in [1.54, 1.807) is 38.1 Å². The third kappa shape index (κ3) is 5.22. The van der Waals surface area contributed by atoms with Crippen molar-refractivity contribution in [2.75, 3.05) is 16.9 Å². The molecule has 0 aliphatic rings. The van der Waals surface area contributed by atoms with Crippen molar-refractivity contribution in [1.82, 2.24) is 14.9 Å². The molecule has 0 saturated heterocycles. The predicted octanol–water partition coefficient (Wildman–Crippen LogP) is 2.41. The zero-order chi connectivity index (χ0) is 19.3. The molecule has 1 amide bonds. The number of amides is 1. The van der Waals surface area contributed by atoms with Gasteiger partial charge in [-0.3, -0.25) is 4.79 Å². The van der Waals surface area contributed by atoms with Crippen LogP contribution in [0.3, 0.4) is 0 Å². The minimum atomic E-state index is -0.428. The van der Waals surface area contributed by atoms with Gasteiger partial charge in [0.1, 0.15) is 0 Å². The number of rotatable bonds is 7. The van der Waals surface area contributed by atoms with E-state index in [0.29, 0.717) is 22.2 Å². The van der Waals surface area contributed by atoms with Crippen molar-refractivity contribution in [3.8, 4) is 0 Å². The van der Waals surface area contributed by atoms with Crippen LogP contribution in [0.25, 0.3) is 0 Å². The minimum Gasteiger partial charge on any atom is -0.459 e. The van der Waals surface area contributed by atoms with Gasteiger partial charge in [0.15, 0.2) is 5.82 Å². The summed E-state index contributed by atoms with van der Waals surface area (Å²) in [5.41, 5.74) is 0.901. The molecule has 140 valence electrons. The maximum Gasteiger partial charge on any atom is 0.338 e. The molecular weight excluding hydrogens is 354 g/mol. The zero-order valence-electron chi connectivity index (χ0n) is 15.2. The smallest absolute Gasteiger partial charge is 0.338 e. The first-order valence-corrected chi connectivity index (χ1v) is 9.20. The number of nitrogen functional groups attached to an aromatic ring is 1. The molecule has 1 aromatic carbocycles. The lowest BCUT2D eigenvalue weighted by Gasteiger charge is -2.10. The van der Waals surface area contributed by atoms with Gasteiger partial charge >= 0.3 is 5.97 Å². The number of ether oxygens (including phenoxy) is 1. The second-order valence-corrected chi connectivity index (χ2v) is 7.18. The summed E-state index contributed by atoms with van der Waals surface area (Å²) in [6, 6.07) is 6.61. The lowest BCUT2D eigenvalue weighted by Crippen LogP contribution is -2.18. The topological polar surface area (TPSA) is 112 Å². The van der Waals surface area contributed by atoms with Crippen LogP contribution in [0.4, 0.5) is 5.69 Å². The molecule has 0 unspecified atom stereocenters. The van der Waals surface area contributed by atoms with Gasteiger partial charge in [0.05, 0.1) is 17.4 Å². The molecule has 0 bridgehead atoms. The number of esters is 1. The molecule has 0 aliphatic heterocycles. The fourth-order valence-corrected chi connectivity index (χ4v) is 2.78. The van der Waals surface area contributed by atoms with Crippen LogP contribution in [0.15, 0.2) is 29.4 Å². The van der Waals surface area contributed by atoms with Crippen molar-refractivity contribution in [2.45, 2.75) is 44.9 Å². The van der Waals surface area contributed by atoms with E-state index in [0.717, 1.165) is 0 Å². The molecule has 9 heteroatoms. The molecule has 2 rings (SSSR count). The molecule has 0 aliphatic carbocycles. The maximum atomic E-state index is 12.2. The van der Waals surface area contributed by atoms with Crippen molar-refractivity contribution in [1.29, 1.82) is 0 Å². The van der Waals surface area contributed by atoms with Gasteiger partial charge in [0.25, 0.3) is 0 Å². The van der Waals surface area contributed by atoms with Crippen LogP contribution in [-0.4, -0.2) is 38.6 Å². The van der Waals surface area contributed by atoms with Gasteiger partial charge in [-0.2, -0.15) is 0 Å². The highest BCUT2D eigenvalue weighted by atomic mass is 32.2. The van der Waals surface area contributed by atoms with Crippen molar-refractivity contribution in [3.05, 3.63) is 35.7 Å². The fourth-order valence-electron chi connectivity index (χ4n) is 2.11. The van der Waals surface area contributed by atoms with E-state index in [2.05, 4.69) is 15.5 Å². The second-order valence-electron chi connectivity index (χ2n) is 6.24. The van der Waals surface area contributed by atoms with E-state index in [4.69, 9.17) is 10.6 Å². The zero-order valence-corrected chi connectivity index (χ0v) is 16.0. The largest absolute Gasteiger partial charge is 0.459 e. The first-order chi connectivity index (χ1) is 12.3. The molecule has 2 aromatic rings. The van der Waals surface area contributed by atoms with Crippen LogP contribution in [0.1, 0.15) is 49.8 Å². The Labute approximate surface area is 156 Å². The number of thioether (sulfide) groups is 1. The van der Waals surface area contributed by atoms with Gasteiger partial charge < -0.3 is 15.9 Å². The average Bonchev–Trinajstić information content (AvgIpc) is 2.93. The van der Waals surface area contributed by atoms with Crippen molar-refractivity contribution in [2.24, 2.45) is 0 Å². The van der Waals surface area contributed by atoms with Crippen LogP contribution < -0.4 is 11.2 Å². The quantitative estimate of drug-likeness (QED) is 0.433. The number of hydrogen-bond acceptors (Lipinski definition) is 7. The normalized spacial score (nSPS) is 11.0. The maximum absolute atomic E-state index is 12.2. The highest BCUT2D eigenvalue weighted by Crippen LogP contribution is 2.19. The predicted molar refractivity (Wildman–Crippen MR) is 101 cm³/mol. The number of aromatic nitrogens is 3. The van der Waals surface area contributed by atoms with Gasteiger partial charge in [-0.05, 0) is 32.0 Å². The molecule has 0 fully saturated rings. The molecule has 0 atom stereocenters. The summed E-state index contributed by atoms with van der Waals surface area (Å²) in [5.74, 6) is 6.18. The Morgan fingerprint density at radius 3 is 2.62 bits per heavy atom. The number of nitrogens with one attached hydrogen (secondary N) is 1. The van der Waals surface area contributed by atoms with Crippen LogP contribution in [0.2, 0.25) is 0 Å². The van der Waals surface area contributed by atoms with E-state index in [1.165, 1.54) is 16.4 Å². The Hall–Kier alpha value is -2.55. The van der Waals surface area contributed by atoms with Crippen LogP contribution in [0, 0.1) is 0 Å². The average molecular weight is 377 g/mol. The van der Waals surface area contributed by atoms with Crippen molar-refractivity contribution >= 4 is 29.3 Å². The van der Waals surface area contributed by atoms with Gasteiger partial charge in [0.2, 0.25) is 11.1 Å². The highest BCUT2D eigenvalue weighted by molar-refractivity contribution is 7.99. The summed E-state index contributed by atoms with van der Waals surface area (Å²) in [4.78, 5) is 24.1. The monoisotopic (exact) mass is 377 g/mol. The minimum absolute atomic E-state index is 0.119. The van der Waals surface area contributed by atoms with Crippen LogP contribution in [0.5, 0.6) is 0 Å². The molecule has 1 heterocycles. The molecule has 0 radical (unpaired) electrons. The molecule has 26 heavy (non-hydrogen) atoms. The summed E-state index contributed by atoms with van der Waals surface area (Å²) >= 11 is 1.19. The van der Waals surface area contributed by atoms with Gasteiger partial charge in [-0.15, -0.1) is 10.2 Å². The van der Waals surface area contributed by atoms with E-state index in [1.807, 2.05) is 13.8 Å². The first kappa shape index (κ1) is 19.8. The molecule has 3 N–H and O–H groups in total. The number of nitrogens with zero attached hydrogens (tertiary/aromatic N) is 3. The van der Waals surface area contributed by atoms with Gasteiger partial charge in [0, 0.05) is 11.6 Å². The Bertz CT molecular complexity index is 788. The number of benzene rings is 1. The van der Waals surface area contributed by atoms with E-state index < -0.39 is 5.97 Å². The van der Waals surface area contributed by atoms with Crippen molar-refractivity contribution < 1.29 is 14.3 Å².